The lowest BCUT2D eigenvalue weighted by molar-refractivity contribution is -0.117. The fraction of sp³-hybridized carbons (Fsp3) is 0.154. The molecule has 0 saturated carbocycles. The second-order valence-electron chi connectivity index (χ2n) is 7.33. The average Bonchev–Trinajstić information content (AvgIpc) is 3.08. The molecular weight excluding hydrogens is 404 g/mol. The molecule has 2 amide bonds. The molecule has 1 fully saturated rings. The molecule has 1 aliphatic heterocycles. The molecule has 0 aromatic heterocycles. The van der Waals surface area contributed by atoms with E-state index in [9.17, 15) is 9.59 Å². The van der Waals surface area contributed by atoms with Crippen LogP contribution in [0.25, 0.3) is 6.08 Å². The number of carbonyl (C=O) groups excluding carboxylic acids is 2. The highest BCUT2D eigenvalue weighted by atomic mass is 16.5. The maximum absolute atomic E-state index is 12.8. The Labute approximate surface area is 187 Å². The summed E-state index contributed by atoms with van der Waals surface area (Å²) in [6, 6.07) is 22.4. The predicted molar refractivity (Wildman–Crippen MR) is 123 cm³/mol. The Hall–Kier alpha value is -4.06. The van der Waals surface area contributed by atoms with Crippen molar-refractivity contribution in [3.63, 3.8) is 0 Å². The first-order valence-corrected chi connectivity index (χ1v) is 10.4. The van der Waals surface area contributed by atoms with E-state index in [4.69, 9.17) is 9.47 Å². The van der Waals surface area contributed by atoms with E-state index in [0.717, 1.165) is 11.1 Å². The molecule has 3 aromatic carbocycles. The smallest absolute Gasteiger partial charge is 0.282 e. The summed E-state index contributed by atoms with van der Waals surface area (Å²) in [4.78, 5) is 25.3. The number of rotatable bonds is 7. The van der Waals surface area contributed by atoms with Gasteiger partial charge in [-0.25, -0.2) is 5.01 Å². The molecule has 1 heterocycles. The number of nitrogens with zero attached hydrogens (tertiary/aromatic N) is 1. The first kappa shape index (κ1) is 21.2. The molecule has 0 radical (unpaired) electrons. The predicted octanol–water partition coefficient (Wildman–Crippen LogP) is 4.43. The van der Waals surface area contributed by atoms with Crippen molar-refractivity contribution in [1.29, 1.82) is 0 Å². The molecule has 32 heavy (non-hydrogen) atoms. The molecule has 0 spiro atoms. The standard InChI is InChI=1S/C26H24N2O4/c1-3-31-24-16-19(13-14-23(24)32-17-20-10-8-7-9-18(20)2)15-22-25(29)27-28(26(22)30)21-11-5-4-6-12-21/h4-16H,3,17H2,1-2H3,(H,27,29). The molecule has 162 valence electrons. The van der Waals surface area contributed by atoms with E-state index in [2.05, 4.69) is 5.43 Å². The number of anilines is 1. The minimum atomic E-state index is -0.448. The number of benzene rings is 3. The zero-order valence-corrected chi connectivity index (χ0v) is 18.0. The van der Waals surface area contributed by atoms with Crippen LogP contribution in [0.3, 0.4) is 0 Å². The third kappa shape index (κ3) is 4.49. The van der Waals surface area contributed by atoms with E-state index in [0.29, 0.717) is 36.0 Å². The molecule has 6 heteroatoms. The third-order valence-corrected chi connectivity index (χ3v) is 5.13. The van der Waals surface area contributed by atoms with Gasteiger partial charge in [-0.05, 0) is 60.9 Å². The van der Waals surface area contributed by atoms with Crippen LogP contribution in [0.4, 0.5) is 5.69 Å². The van der Waals surface area contributed by atoms with Crippen molar-refractivity contribution >= 4 is 23.6 Å². The summed E-state index contributed by atoms with van der Waals surface area (Å²) in [5, 5.41) is 1.25. The zero-order chi connectivity index (χ0) is 22.5. The number of ether oxygens (including phenoxy) is 2. The van der Waals surface area contributed by atoms with Gasteiger partial charge in [0, 0.05) is 0 Å². The lowest BCUT2D eigenvalue weighted by Gasteiger charge is -2.14. The van der Waals surface area contributed by atoms with Crippen LogP contribution in [-0.2, 0) is 16.2 Å². The molecule has 0 atom stereocenters. The lowest BCUT2D eigenvalue weighted by atomic mass is 10.1. The Morgan fingerprint density at radius 1 is 0.906 bits per heavy atom. The number of carbonyl (C=O) groups is 2. The maximum atomic E-state index is 12.8. The summed E-state index contributed by atoms with van der Waals surface area (Å²) in [7, 11) is 0. The molecule has 1 saturated heterocycles. The number of hydrazine groups is 1. The van der Waals surface area contributed by atoms with Gasteiger partial charge < -0.3 is 9.47 Å². The van der Waals surface area contributed by atoms with Gasteiger partial charge in [0.05, 0.1) is 12.3 Å². The molecule has 6 nitrogen and oxygen atoms in total. The number of nitrogens with one attached hydrogen (secondary N) is 1. The van der Waals surface area contributed by atoms with E-state index in [1.807, 2.05) is 44.2 Å². The second-order valence-corrected chi connectivity index (χ2v) is 7.33. The summed E-state index contributed by atoms with van der Waals surface area (Å²) in [5.74, 6) is 0.308. The highest BCUT2D eigenvalue weighted by Gasteiger charge is 2.34. The second kappa shape index (κ2) is 9.39. The van der Waals surface area contributed by atoms with Gasteiger partial charge in [-0.15, -0.1) is 0 Å². The van der Waals surface area contributed by atoms with Crippen LogP contribution < -0.4 is 19.9 Å². The van der Waals surface area contributed by atoms with Gasteiger partial charge in [-0.3, -0.25) is 15.0 Å². The van der Waals surface area contributed by atoms with Gasteiger partial charge in [-0.1, -0.05) is 48.5 Å². The SMILES string of the molecule is CCOc1cc(C=C2C(=O)NN(c3ccccc3)C2=O)ccc1OCc1ccccc1C. The Morgan fingerprint density at radius 3 is 2.41 bits per heavy atom. The summed E-state index contributed by atoms with van der Waals surface area (Å²) in [5.41, 5.74) is 6.18. The van der Waals surface area contributed by atoms with Crippen molar-refractivity contribution in [3.05, 3.63) is 95.1 Å². The Bertz CT molecular complexity index is 1170. The van der Waals surface area contributed by atoms with Crippen molar-refractivity contribution in [1.82, 2.24) is 5.43 Å². The van der Waals surface area contributed by atoms with E-state index in [-0.39, 0.29) is 5.57 Å². The van der Waals surface area contributed by atoms with Crippen LogP contribution in [0.15, 0.2) is 78.4 Å². The van der Waals surface area contributed by atoms with Crippen molar-refractivity contribution in [3.8, 4) is 11.5 Å². The van der Waals surface area contributed by atoms with E-state index >= 15 is 0 Å². The lowest BCUT2D eigenvalue weighted by Crippen LogP contribution is -2.35. The van der Waals surface area contributed by atoms with Crippen molar-refractivity contribution in [2.45, 2.75) is 20.5 Å². The van der Waals surface area contributed by atoms with Crippen molar-refractivity contribution < 1.29 is 19.1 Å². The monoisotopic (exact) mass is 428 g/mol. The summed E-state index contributed by atoms with van der Waals surface area (Å²) < 4.78 is 11.8. The van der Waals surface area contributed by atoms with Crippen molar-refractivity contribution in [2.24, 2.45) is 0 Å². The van der Waals surface area contributed by atoms with E-state index in [1.165, 1.54) is 5.01 Å². The van der Waals surface area contributed by atoms with Gasteiger partial charge in [0.2, 0.25) is 0 Å². The molecule has 4 rings (SSSR count). The zero-order valence-electron chi connectivity index (χ0n) is 18.0. The molecule has 1 aliphatic rings. The van der Waals surface area contributed by atoms with Crippen LogP contribution in [0.1, 0.15) is 23.6 Å². The summed E-state index contributed by atoms with van der Waals surface area (Å²) >= 11 is 0. The van der Waals surface area contributed by atoms with E-state index in [1.54, 1.807) is 48.5 Å². The highest BCUT2D eigenvalue weighted by molar-refractivity contribution is 6.31. The molecule has 1 N–H and O–H groups in total. The normalized spacial score (nSPS) is 14.6. The fourth-order valence-electron chi connectivity index (χ4n) is 3.41. The summed E-state index contributed by atoms with van der Waals surface area (Å²) in [6.45, 7) is 4.81. The molecule has 0 unspecified atom stereocenters. The Kier molecular flexibility index (Phi) is 6.22. The molecule has 3 aromatic rings. The Morgan fingerprint density at radius 2 is 1.66 bits per heavy atom. The largest absolute Gasteiger partial charge is 0.490 e. The minimum absolute atomic E-state index is 0.0601. The Balaban J connectivity index is 1.57. The van der Waals surface area contributed by atoms with Gasteiger partial charge in [0.25, 0.3) is 11.8 Å². The van der Waals surface area contributed by atoms with E-state index < -0.39 is 11.8 Å². The average molecular weight is 428 g/mol. The number of hydrogen-bond acceptors (Lipinski definition) is 4. The third-order valence-electron chi connectivity index (χ3n) is 5.13. The van der Waals surface area contributed by atoms with Gasteiger partial charge in [0.15, 0.2) is 11.5 Å². The van der Waals surface area contributed by atoms with Crippen LogP contribution in [0.5, 0.6) is 11.5 Å². The molecule has 0 aliphatic carbocycles. The number of hydrogen-bond donors (Lipinski definition) is 1. The van der Waals surface area contributed by atoms with Gasteiger partial charge in [-0.2, -0.15) is 0 Å². The molecule has 0 bridgehead atoms. The minimum Gasteiger partial charge on any atom is -0.490 e. The highest BCUT2D eigenvalue weighted by Crippen LogP contribution is 2.31. The first-order chi connectivity index (χ1) is 15.6. The van der Waals surface area contributed by atoms with Crippen LogP contribution in [0, 0.1) is 6.92 Å². The number of para-hydroxylation sites is 1. The number of amides is 2. The quantitative estimate of drug-likeness (QED) is 0.446. The van der Waals surface area contributed by atoms with Gasteiger partial charge >= 0.3 is 0 Å². The van der Waals surface area contributed by atoms with Crippen LogP contribution >= 0.6 is 0 Å². The van der Waals surface area contributed by atoms with Crippen LogP contribution in [0.2, 0.25) is 0 Å². The van der Waals surface area contributed by atoms with Crippen LogP contribution in [-0.4, -0.2) is 18.4 Å². The molecular formula is C26H24N2O4. The first-order valence-electron chi connectivity index (χ1n) is 10.4. The van der Waals surface area contributed by atoms with Gasteiger partial charge in [0.1, 0.15) is 12.2 Å². The maximum Gasteiger partial charge on any atom is 0.282 e. The fourth-order valence-corrected chi connectivity index (χ4v) is 3.41. The number of aryl methyl sites for hydroxylation is 1. The summed E-state index contributed by atoms with van der Waals surface area (Å²) in [6.07, 6.45) is 1.56. The van der Waals surface area contributed by atoms with Crippen molar-refractivity contribution in [2.75, 3.05) is 11.6 Å². The topological polar surface area (TPSA) is 67.9 Å².